The van der Waals surface area contributed by atoms with Gasteiger partial charge in [-0.1, -0.05) is 66.7 Å². The van der Waals surface area contributed by atoms with E-state index in [1.54, 1.807) is 92.7 Å². The van der Waals surface area contributed by atoms with Gasteiger partial charge in [-0.25, -0.2) is 15.8 Å². The first kappa shape index (κ1) is 24.4. The third-order valence-corrected chi connectivity index (χ3v) is 4.89. The van der Waals surface area contributed by atoms with Crippen molar-refractivity contribution in [1.29, 1.82) is 0 Å². The molecular weight excluding hydrogens is 434 g/mol. The zero-order chi connectivity index (χ0) is 24.5. The number of hydrogen-bond acceptors (Lipinski definition) is 7. The zero-order valence-corrected chi connectivity index (χ0v) is 18.7. The maximum atomic E-state index is 12.2. The number of benzene rings is 2. The van der Waals surface area contributed by atoms with Gasteiger partial charge in [-0.05, 0) is 37.1 Å². The number of carbonyl (C=O) groups excluding carboxylic acids is 2. The van der Waals surface area contributed by atoms with Crippen LogP contribution in [0.25, 0.3) is 0 Å². The molecule has 174 valence electrons. The molecule has 0 saturated heterocycles. The number of pyridine rings is 1. The molecular formula is C25H25N5O4. The van der Waals surface area contributed by atoms with Gasteiger partial charge in [0, 0.05) is 0 Å². The van der Waals surface area contributed by atoms with Crippen LogP contribution in [0.4, 0.5) is 0 Å². The molecule has 0 aliphatic rings. The van der Waals surface area contributed by atoms with Crippen LogP contribution >= 0.6 is 0 Å². The summed E-state index contributed by atoms with van der Waals surface area (Å²) in [6.07, 6.45) is -2.69. The number of hydrazone groups is 2. The smallest absolute Gasteiger partial charge is 0.273 e. The van der Waals surface area contributed by atoms with Crippen LogP contribution in [0.3, 0.4) is 0 Å². The number of rotatable bonds is 8. The molecule has 0 spiro atoms. The van der Waals surface area contributed by atoms with E-state index in [0.29, 0.717) is 33.9 Å². The third-order valence-electron chi connectivity index (χ3n) is 4.89. The first-order valence-electron chi connectivity index (χ1n) is 10.5. The van der Waals surface area contributed by atoms with Gasteiger partial charge in [0.1, 0.15) is 0 Å². The Bertz CT molecular complexity index is 1110. The van der Waals surface area contributed by atoms with Crippen molar-refractivity contribution < 1.29 is 19.8 Å². The molecule has 3 rings (SSSR count). The van der Waals surface area contributed by atoms with Gasteiger partial charge in [-0.3, -0.25) is 9.59 Å². The molecule has 1 heterocycles. The molecule has 0 fully saturated rings. The molecule has 0 aliphatic carbocycles. The van der Waals surface area contributed by atoms with E-state index in [0.717, 1.165) is 0 Å². The molecule has 2 aromatic carbocycles. The molecule has 2 amide bonds. The largest absolute Gasteiger partial charge is 0.378 e. The van der Waals surface area contributed by atoms with E-state index in [9.17, 15) is 19.8 Å². The Balaban J connectivity index is 1.64. The van der Waals surface area contributed by atoms with Crippen LogP contribution in [-0.4, -0.2) is 38.4 Å². The second-order valence-electron chi connectivity index (χ2n) is 7.38. The maximum absolute atomic E-state index is 12.2. The number of hydrogen-bond donors (Lipinski definition) is 4. The first-order chi connectivity index (χ1) is 16.4. The van der Waals surface area contributed by atoms with Gasteiger partial charge in [0.25, 0.3) is 11.8 Å². The lowest BCUT2D eigenvalue weighted by Gasteiger charge is -2.10. The Kier molecular flexibility index (Phi) is 8.33. The predicted octanol–water partition coefficient (Wildman–Crippen LogP) is 2.23. The van der Waals surface area contributed by atoms with E-state index < -0.39 is 24.0 Å². The third kappa shape index (κ3) is 6.41. The average molecular weight is 460 g/mol. The monoisotopic (exact) mass is 459 g/mol. The lowest BCUT2D eigenvalue weighted by atomic mass is 10.1. The molecule has 1 aromatic heterocycles. The number of aromatic nitrogens is 1. The fourth-order valence-corrected chi connectivity index (χ4v) is 2.93. The van der Waals surface area contributed by atoms with Gasteiger partial charge in [0.15, 0.2) is 12.2 Å². The van der Waals surface area contributed by atoms with Crippen molar-refractivity contribution >= 4 is 23.2 Å². The summed E-state index contributed by atoms with van der Waals surface area (Å²) in [6.45, 7) is 3.32. The average Bonchev–Trinajstić information content (AvgIpc) is 2.90. The summed E-state index contributed by atoms with van der Waals surface area (Å²) in [5.74, 6) is -1.33. The van der Waals surface area contributed by atoms with Crippen LogP contribution < -0.4 is 10.9 Å². The van der Waals surface area contributed by atoms with Gasteiger partial charge in [0.05, 0.1) is 22.8 Å². The highest BCUT2D eigenvalue weighted by Crippen LogP contribution is 2.13. The minimum Gasteiger partial charge on any atom is -0.378 e. The lowest BCUT2D eigenvalue weighted by Crippen LogP contribution is -2.26. The standard InChI is InChI=1S/C25H25N5O4/c1-16(27-29-24(33)22(31)18-10-5-3-6-11-18)20-14-9-15-21(26-20)17(2)28-30-25(34)23(32)19-12-7-4-8-13-19/h3-15,22-23,31-32H,1-2H3,(H,29,33)(H,30,34)/b27-16+,28-17+. The van der Waals surface area contributed by atoms with E-state index in [1.807, 2.05) is 0 Å². The summed E-state index contributed by atoms with van der Waals surface area (Å²) in [4.78, 5) is 28.8. The molecule has 2 atom stereocenters. The molecule has 9 heteroatoms. The predicted molar refractivity (Wildman–Crippen MR) is 128 cm³/mol. The van der Waals surface area contributed by atoms with E-state index in [1.165, 1.54) is 0 Å². The molecule has 0 aliphatic heterocycles. The van der Waals surface area contributed by atoms with Crippen LogP contribution in [0.2, 0.25) is 0 Å². The second-order valence-corrected chi connectivity index (χ2v) is 7.38. The molecule has 34 heavy (non-hydrogen) atoms. The van der Waals surface area contributed by atoms with Crippen LogP contribution in [0.15, 0.2) is 89.1 Å². The highest BCUT2D eigenvalue weighted by molar-refractivity contribution is 6.01. The van der Waals surface area contributed by atoms with Crippen LogP contribution in [-0.2, 0) is 9.59 Å². The number of nitrogens with zero attached hydrogens (tertiary/aromatic N) is 3. The number of amides is 2. The Morgan fingerprint density at radius 2 is 1.06 bits per heavy atom. The molecule has 9 nitrogen and oxygen atoms in total. The molecule has 2 unspecified atom stereocenters. The topological polar surface area (TPSA) is 136 Å². The number of nitrogens with one attached hydrogen (secondary N) is 2. The molecule has 0 radical (unpaired) electrons. The van der Waals surface area contributed by atoms with Crippen molar-refractivity contribution in [3.63, 3.8) is 0 Å². The van der Waals surface area contributed by atoms with Crippen molar-refractivity contribution in [3.05, 3.63) is 101 Å². The van der Waals surface area contributed by atoms with Crippen molar-refractivity contribution in [2.45, 2.75) is 26.1 Å². The van der Waals surface area contributed by atoms with Gasteiger partial charge in [-0.2, -0.15) is 10.2 Å². The van der Waals surface area contributed by atoms with Gasteiger partial charge in [-0.15, -0.1) is 0 Å². The van der Waals surface area contributed by atoms with E-state index in [4.69, 9.17) is 0 Å². The van der Waals surface area contributed by atoms with E-state index in [-0.39, 0.29) is 0 Å². The highest BCUT2D eigenvalue weighted by atomic mass is 16.3. The molecule has 3 aromatic rings. The first-order valence-corrected chi connectivity index (χ1v) is 10.5. The zero-order valence-electron chi connectivity index (χ0n) is 18.7. The van der Waals surface area contributed by atoms with Crippen molar-refractivity contribution in [3.8, 4) is 0 Å². The Hall–Kier alpha value is -4.21. The SMILES string of the molecule is C/C(=N\NC(=O)C(O)c1ccccc1)c1cccc(/C(C)=N/NC(=O)C(O)c2ccccc2)n1. The molecule has 0 saturated carbocycles. The van der Waals surface area contributed by atoms with Crippen molar-refractivity contribution in [1.82, 2.24) is 15.8 Å². The fourth-order valence-electron chi connectivity index (χ4n) is 2.93. The normalized spacial score (nSPS) is 13.6. The van der Waals surface area contributed by atoms with Crippen molar-refractivity contribution in [2.75, 3.05) is 0 Å². The van der Waals surface area contributed by atoms with Crippen LogP contribution in [0.1, 0.15) is 48.6 Å². The fraction of sp³-hybridized carbons (Fsp3) is 0.160. The number of carbonyl (C=O) groups is 2. The van der Waals surface area contributed by atoms with Crippen LogP contribution in [0, 0.1) is 0 Å². The Morgan fingerprint density at radius 1 is 0.676 bits per heavy atom. The Labute approximate surface area is 196 Å². The molecule has 4 N–H and O–H groups in total. The van der Waals surface area contributed by atoms with E-state index >= 15 is 0 Å². The summed E-state index contributed by atoms with van der Waals surface area (Å²) >= 11 is 0. The highest BCUT2D eigenvalue weighted by Gasteiger charge is 2.17. The second kappa shape index (κ2) is 11.6. The summed E-state index contributed by atoms with van der Waals surface area (Å²) in [6, 6.07) is 22.2. The van der Waals surface area contributed by atoms with Crippen LogP contribution in [0.5, 0.6) is 0 Å². The number of aliphatic hydroxyl groups excluding tert-OH is 2. The maximum Gasteiger partial charge on any atom is 0.273 e. The summed E-state index contributed by atoms with van der Waals surface area (Å²) < 4.78 is 0. The minimum absolute atomic E-state index is 0.409. The summed E-state index contributed by atoms with van der Waals surface area (Å²) in [7, 11) is 0. The van der Waals surface area contributed by atoms with E-state index in [2.05, 4.69) is 26.0 Å². The number of aliphatic hydroxyl groups is 2. The lowest BCUT2D eigenvalue weighted by molar-refractivity contribution is -0.130. The van der Waals surface area contributed by atoms with Gasteiger partial charge >= 0.3 is 0 Å². The summed E-state index contributed by atoms with van der Waals surface area (Å²) in [5, 5.41) is 28.3. The summed E-state index contributed by atoms with van der Waals surface area (Å²) in [5.41, 5.74) is 7.35. The van der Waals surface area contributed by atoms with Crippen molar-refractivity contribution in [2.24, 2.45) is 10.2 Å². The Morgan fingerprint density at radius 3 is 1.44 bits per heavy atom. The van der Waals surface area contributed by atoms with Gasteiger partial charge in [0.2, 0.25) is 0 Å². The van der Waals surface area contributed by atoms with Gasteiger partial charge < -0.3 is 10.2 Å². The quantitative estimate of drug-likeness (QED) is 0.303. The minimum atomic E-state index is -1.35. The molecule has 0 bridgehead atoms.